The quantitative estimate of drug-likeness (QED) is 0.613. The number of amides is 1. The van der Waals surface area contributed by atoms with E-state index in [1.807, 2.05) is 25.1 Å². The van der Waals surface area contributed by atoms with Crippen LogP contribution in [0.25, 0.3) is 11.1 Å². The maximum absolute atomic E-state index is 14.6. The molecule has 3 aromatic rings. The minimum Gasteiger partial charge on any atom is -0.428 e. The molecule has 3 rings (SSSR count). The molecule has 0 spiro atoms. The summed E-state index contributed by atoms with van der Waals surface area (Å²) in [4.78, 5) is 23.0. The molecule has 0 radical (unpaired) electrons. The Labute approximate surface area is 160 Å². The topological polar surface area (TPSA) is 55.4 Å². The minimum atomic E-state index is -0.904. The van der Waals surface area contributed by atoms with Crippen LogP contribution in [0.15, 0.2) is 60.7 Å². The molecule has 0 aliphatic heterocycles. The number of halogens is 2. The number of hydrogen-bond acceptors (Lipinski definition) is 3. The Bertz CT molecular complexity index is 1010. The van der Waals surface area contributed by atoms with Crippen molar-refractivity contribution in [3.8, 4) is 16.9 Å². The van der Waals surface area contributed by atoms with Crippen LogP contribution in [0.1, 0.15) is 22.8 Å². The number of carbonyl (C=O) groups is 2. The van der Waals surface area contributed by atoms with Crippen LogP contribution >= 0.6 is 0 Å². The SMILES string of the molecule is CCc1cccc(-c2cc(F)c(NC(=O)c3ccccc3OC=O)c(F)c2)c1. The fourth-order valence-corrected chi connectivity index (χ4v) is 2.82. The van der Waals surface area contributed by atoms with Gasteiger partial charge in [0.15, 0.2) is 0 Å². The van der Waals surface area contributed by atoms with Crippen molar-refractivity contribution >= 4 is 18.1 Å². The molecule has 1 amide bonds. The van der Waals surface area contributed by atoms with Crippen molar-refractivity contribution in [2.45, 2.75) is 13.3 Å². The summed E-state index contributed by atoms with van der Waals surface area (Å²) in [6, 6.07) is 15.6. The highest BCUT2D eigenvalue weighted by molar-refractivity contribution is 6.06. The normalized spacial score (nSPS) is 10.4. The highest BCUT2D eigenvalue weighted by Crippen LogP contribution is 2.29. The Balaban J connectivity index is 1.91. The third kappa shape index (κ3) is 4.06. The summed E-state index contributed by atoms with van der Waals surface area (Å²) in [7, 11) is 0. The third-order valence-electron chi connectivity index (χ3n) is 4.26. The first kappa shape index (κ1) is 19.2. The van der Waals surface area contributed by atoms with Crippen LogP contribution in [-0.2, 0) is 11.2 Å². The largest absolute Gasteiger partial charge is 0.428 e. The molecule has 0 saturated carbocycles. The number of carbonyl (C=O) groups excluding carboxylic acids is 2. The van der Waals surface area contributed by atoms with E-state index in [0.29, 0.717) is 11.1 Å². The van der Waals surface area contributed by atoms with Crippen LogP contribution in [0.3, 0.4) is 0 Å². The molecule has 0 bridgehead atoms. The molecule has 0 aliphatic rings. The number of benzene rings is 3. The Kier molecular flexibility index (Phi) is 5.79. The van der Waals surface area contributed by atoms with E-state index in [9.17, 15) is 18.4 Å². The maximum Gasteiger partial charge on any atom is 0.298 e. The fraction of sp³-hybridized carbons (Fsp3) is 0.0909. The lowest BCUT2D eigenvalue weighted by Crippen LogP contribution is -2.15. The van der Waals surface area contributed by atoms with E-state index >= 15 is 0 Å². The van der Waals surface area contributed by atoms with E-state index in [1.165, 1.54) is 24.3 Å². The van der Waals surface area contributed by atoms with Crippen molar-refractivity contribution < 1.29 is 23.1 Å². The van der Waals surface area contributed by atoms with E-state index in [1.54, 1.807) is 18.2 Å². The van der Waals surface area contributed by atoms with Gasteiger partial charge < -0.3 is 10.1 Å². The van der Waals surface area contributed by atoms with Crippen LogP contribution < -0.4 is 10.1 Å². The summed E-state index contributed by atoms with van der Waals surface area (Å²) in [6.45, 7) is 2.16. The standard InChI is InChI=1S/C22H17F2NO3/c1-2-14-6-5-7-15(10-14)16-11-18(23)21(19(24)12-16)25-22(27)17-8-3-4-9-20(17)28-13-26/h3-13H,2H2,1H3,(H,25,27). The van der Waals surface area contributed by atoms with E-state index < -0.39 is 23.2 Å². The molecule has 0 atom stereocenters. The van der Waals surface area contributed by atoms with Gasteiger partial charge in [0.2, 0.25) is 0 Å². The molecule has 0 aromatic heterocycles. The molecule has 6 heteroatoms. The monoisotopic (exact) mass is 381 g/mol. The summed E-state index contributed by atoms with van der Waals surface area (Å²) in [5, 5.41) is 2.21. The average molecular weight is 381 g/mol. The van der Waals surface area contributed by atoms with E-state index in [0.717, 1.165) is 12.0 Å². The van der Waals surface area contributed by atoms with Gasteiger partial charge in [-0.25, -0.2) is 8.78 Å². The van der Waals surface area contributed by atoms with Crippen molar-refractivity contribution in [1.82, 2.24) is 0 Å². The van der Waals surface area contributed by atoms with Gasteiger partial charge in [-0.05, 0) is 47.4 Å². The molecule has 4 nitrogen and oxygen atoms in total. The first-order valence-corrected chi connectivity index (χ1v) is 8.62. The molecule has 1 N–H and O–H groups in total. The minimum absolute atomic E-state index is 0.0104. The lowest BCUT2D eigenvalue weighted by molar-refractivity contribution is -0.120. The number of hydrogen-bond donors (Lipinski definition) is 1. The summed E-state index contributed by atoms with van der Waals surface area (Å²) in [6.07, 6.45) is 0.801. The maximum atomic E-state index is 14.6. The highest BCUT2D eigenvalue weighted by Gasteiger charge is 2.18. The molecule has 28 heavy (non-hydrogen) atoms. The van der Waals surface area contributed by atoms with Crippen LogP contribution in [0, 0.1) is 11.6 Å². The number of para-hydroxylation sites is 1. The third-order valence-corrected chi connectivity index (χ3v) is 4.26. The Morgan fingerprint density at radius 2 is 1.71 bits per heavy atom. The second kappa shape index (κ2) is 8.43. The van der Waals surface area contributed by atoms with Crippen LogP contribution in [0.4, 0.5) is 14.5 Å². The van der Waals surface area contributed by atoms with Gasteiger partial charge in [0, 0.05) is 0 Å². The predicted molar refractivity (Wildman–Crippen MR) is 102 cm³/mol. The number of ether oxygens (including phenoxy) is 1. The zero-order chi connectivity index (χ0) is 20.1. The van der Waals surface area contributed by atoms with Gasteiger partial charge in [0.05, 0.1) is 5.56 Å². The number of nitrogens with one attached hydrogen (secondary N) is 1. The van der Waals surface area contributed by atoms with E-state index in [2.05, 4.69) is 5.32 Å². The van der Waals surface area contributed by atoms with Crippen molar-refractivity contribution in [3.63, 3.8) is 0 Å². The Morgan fingerprint density at radius 3 is 2.39 bits per heavy atom. The van der Waals surface area contributed by atoms with Crippen molar-refractivity contribution in [2.24, 2.45) is 0 Å². The van der Waals surface area contributed by atoms with Gasteiger partial charge in [0.25, 0.3) is 12.4 Å². The average Bonchev–Trinajstić information content (AvgIpc) is 2.71. The van der Waals surface area contributed by atoms with E-state index in [-0.39, 0.29) is 17.8 Å². The van der Waals surface area contributed by atoms with Crippen molar-refractivity contribution in [2.75, 3.05) is 5.32 Å². The number of rotatable bonds is 6. The summed E-state index contributed by atoms with van der Waals surface area (Å²) in [5.41, 5.74) is 1.50. The molecular weight excluding hydrogens is 364 g/mol. The van der Waals surface area contributed by atoms with Gasteiger partial charge >= 0.3 is 0 Å². The lowest BCUT2D eigenvalue weighted by Gasteiger charge is -2.12. The molecule has 0 unspecified atom stereocenters. The molecule has 0 aliphatic carbocycles. The van der Waals surface area contributed by atoms with Crippen LogP contribution in [-0.4, -0.2) is 12.4 Å². The second-order valence-corrected chi connectivity index (χ2v) is 6.03. The first-order valence-electron chi connectivity index (χ1n) is 8.62. The zero-order valence-electron chi connectivity index (χ0n) is 15.0. The van der Waals surface area contributed by atoms with Gasteiger partial charge in [-0.2, -0.15) is 0 Å². The van der Waals surface area contributed by atoms with E-state index in [4.69, 9.17) is 4.74 Å². The highest BCUT2D eigenvalue weighted by atomic mass is 19.1. The van der Waals surface area contributed by atoms with Crippen molar-refractivity contribution in [3.05, 3.63) is 83.4 Å². The summed E-state index contributed by atoms with van der Waals surface area (Å²) >= 11 is 0. The van der Waals surface area contributed by atoms with Crippen molar-refractivity contribution in [1.29, 1.82) is 0 Å². The molecule has 142 valence electrons. The molecule has 0 fully saturated rings. The smallest absolute Gasteiger partial charge is 0.298 e. The van der Waals surface area contributed by atoms with Gasteiger partial charge in [0.1, 0.15) is 23.1 Å². The second-order valence-electron chi connectivity index (χ2n) is 6.03. The summed E-state index contributed by atoms with van der Waals surface area (Å²) in [5.74, 6) is -2.61. The molecule has 0 heterocycles. The molecule has 0 saturated heterocycles. The Hall–Kier alpha value is -3.54. The molecule has 3 aromatic carbocycles. The van der Waals surface area contributed by atoms with Crippen LogP contribution in [0.2, 0.25) is 0 Å². The predicted octanol–water partition coefficient (Wildman–Crippen LogP) is 4.98. The fourth-order valence-electron chi connectivity index (χ4n) is 2.82. The van der Waals surface area contributed by atoms with Gasteiger partial charge in [-0.3, -0.25) is 9.59 Å². The zero-order valence-corrected chi connectivity index (χ0v) is 15.0. The molecular formula is C22H17F2NO3. The summed E-state index contributed by atoms with van der Waals surface area (Å²) < 4.78 is 33.8. The van der Waals surface area contributed by atoms with Gasteiger partial charge in [-0.1, -0.05) is 43.3 Å². The number of aryl methyl sites for hydroxylation is 1. The Morgan fingerprint density at radius 1 is 1.00 bits per heavy atom. The lowest BCUT2D eigenvalue weighted by atomic mass is 10.0. The number of anilines is 1. The van der Waals surface area contributed by atoms with Gasteiger partial charge in [-0.15, -0.1) is 0 Å². The first-order chi connectivity index (χ1) is 13.5. The van der Waals surface area contributed by atoms with Crippen LogP contribution in [0.5, 0.6) is 5.75 Å².